The van der Waals surface area contributed by atoms with Gasteiger partial charge in [-0.1, -0.05) is 12.2 Å². The van der Waals surface area contributed by atoms with E-state index in [0.29, 0.717) is 5.41 Å². The van der Waals surface area contributed by atoms with E-state index in [0.717, 1.165) is 18.9 Å². The van der Waals surface area contributed by atoms with E-state index in [4.69, 9.17) is 0 Å². The third kappa shape index (κ3) is 2.15. The number of nitrogens with one attached hydrogen (secondary N) is 1. The molecule has 0 atom stereocenters. The van der Waals surface area contributed by atoms with Gasteiger partial charge < -0.3 is 10.2 Å². The summed E-state index contributed by atoms with van der Waals surface area (Å²) in [5.74, 6) is 1.13. The van der Waals surface area contributed by atoms with E-state index in [9.17, 15) is 0 Å². The summed E-state index contributed by atoms with van der Waals surface area (Å²) >= 11 is 0. The van der Waals surface area contributed by atoms with Crippen LogP contribution in [-0.4, -0.2) is 31.2 Å². The lowest BCUT2D eigenvalue weighted by molar-refractivity contribution is 0.126. The molecule has 1 N–H and O–H groups in total. The molecule has 96 valence electrons. The van der Waals surface area contributed by atoms with Gasteiger partial charge in [0, 0.05) is 32.4 Å². The van der Waals surface area contributed by atoms with Crippen molar-refractivity contribution < 1.29 is 0 Å². The molecule has 0 bridgehead atoms. The Hall–Kier alpha value is -1.35. The first-order valence-corrected chi connectivity index (χ1v) is 6.86. The van der Waals surface area contributed by atoms with Gasteiger partial charge in [-0.25, -0.2) is 4.98 Å². The molecule has 0 aliphatic carbocycles. The van der Waals surface area contributed by atoms with E-state index in [1.54, 1.807) is 0 Å². The summed E-state index contributed by atoms with van der Waals surface area (Å²) in [7, 11) is 0. The molecule has 3 nitrogen and oxygen atoms in total. The molecule has 0 radical (unpaired) electrons. The number of piperidine rings is 1. The van der Waals surface area contributed by atoms with Crippen LogP contribution in [0.4, 0.5) is 5.82 Å². The molecule has 0 amide bonds. The van der Waals surface area contributed by atoms with Crippen LogP contribution < -0.4 is 10.2 Å². The normalized spacial score (nSPS) is 22.4. The maximum absolute atomic E-state index is 4.51. The van der Waals surface area contributed by atoms with Crippen LogP contribution in [0.2, 0.25) is 0 Å². The first kappa shape index (κ1) is 11.7. The van der Waals surface area contributed by atoms with Gasteiger partial charge in [0.1, 0.15) is 5.82 Å². The van der Waals surface area contributed by atoms with Gasteiger partial charge in [0.15, 0.2) is 0 Å². The summed E-state index contributed by atoms with van der Waals surface area (Å²) in [6, 6.07) is 4.25. The molecule has 2 aliphatic heterocycles. The Labute approximate surface area is 109 Å². The Morgan fingerprint density at radius 1 is 1.33 bits per heavy atom. The second-order valence-electron chi connectivity index (χ2n) is 5.54. The monoisotopic (exact) mass is 243 g/mol. The first-order valence-electron chi connectivity index (χ1n) is 6.86. The Bertz CT molecular complexity index is 439. The number of aromatic nitrogens is 1. The zero-order valence-electron chi connectivity index (χ0n) is 11.0. The minimum Gasteiger partial charge on any atom is -0.357 e. The first-order chi connectivity index (χ1) is 8.81. The molecular weight excluding hydrogens is 222 g/mol. The fourth-order valence-corrected chi connectivity index (χ4v) is 2.95. The summed E-state index contributed by atoms with van der Waals surface area (Å²) in [6.45, 7) is 6.77. The molecule has 2 aliphatic rings. The minimum atomic E-state index is 0.609. The van der Waals surface area contributed by atoms with Crippen LogP contribution in [0.15, 0.2) is 24.4 Å². The van der Waals surface area contributed by atoms with E-state index in [-0.39, 0.29) is 0 Å². The number of hydrogen-bond donors (Lipinski definition) is 1. The van der Waals surface area contributed by atoms with Crippen molar-refractivity contribution in [1.29, 1.82) is 0 Å². The maximum atomic E-state index is 4.51. The number of pyridine rings is 1. The van der Waals surface area contributed by atoms with Crippen molar-refractivity contribution >= 4 is 11.9 Å². The van der Waals surface area contributed by atoms with Gasteiger partial charge in [-0.3, -0.25) is 0 Å². The van der Waals surface area contributed by atoms with Gasteiger partial charge in [-0.15, -0.1) is 0 Å². The standard InChI is InChI=1S/C15H21N3/c1-2-3-13-4-7-17-14(10-13)18-8-5-15(6-9-18)11-16-12-15/h2-4,7,10,16H,5-6,8-9,11-12H2,1H3/b3-2-. The average molecular weight is 243 g/mol. The fraction of sp³-hybridized carbons (Fsp3) is 0.533. The van der Waals surface area contributed by atoms with E-state index in [1.165, 1.54) is 31.5 Å². The molecular formula is C15H21N3. The average Bonchev–Trinajstić information content (AvgIpc) is 2.38. The molecule has 2 fully saturated rings. The van der Waals surface area contributed by atoms with Crippen molar-refractivity contribution in [2.75, 3.05) is 31.1 Å². The Kier molecular flexibility index (Phi) is 3.08. The molecule has 1 spiro atoms. The van der Waals surface area contributed by atoms with Crippen molar-refractivity contribution in [2.45, 2.75) is 19.8 Å². The zero-order chi connectivity index (χ0) is 12.4. The van der Waals surface area contributed by atoms with Crippen LogP contribution in [-0.2, 0) is 0 Å². The predicted octanol–water partition coefficient (Wildman–Crippen LogP) is 2.30. The van der Waals surface area contributed by atoms with E-state index >= 15 is 0 Å². The highest BCUT2D eigenvalue weighted by atomic mass is 15.2. The molecule has 0 saturated carbocycles. The van der Waals surface area contributed by atoms with Crippen molar-refractivity contribution in [3.05, 3.63) is 30.0 Å². The van der Waals surface area contributed by atoms with Crippen LogP contribution in [0.5, 0.6) is 0 Å². The SMILES string of the molecule is C/C=C\c1ccnc(N2CCC3(CC2)CNC3)c1. The largest absolute Gasteiger partial charge is 0.357 e. The van der Waals surface area contributed by atoms with E-state index in [2.05, 4.69) is 39.5 Å². The zero-order valence-corrected chi connectivity index (χ0v) is 11.0. The molecule has 3 heteroatoms. The second-order valence-corrected chi connectivity index (χ2v) is 5.54. The number of nitrogens with zero attached hydrogens (tertiary/aromatic N) is 2. The minimum absolute atomic E-state index is 0.609. The maximum Gasteiger partial charge on any atom is 0.129 e. The van der Waals surface area contributed by atoms with Gasteiger partial charge in [0.05, 0.1) is 0 Å². The van der Waals surface area contributed by atoms with Gasteiger partial charge in [0.25, 0.3) is 0 Å². The van der Waals surface area contributed by atoms with Gasteiger partial charge >= 0.3 is 0 Å². The smallest absolute Gasteiger partial charge is 0.129 e. The van der Waals surface area contributed by atoms with Gasteiger partial charge in [0.2, 0.25) is 0 Å². The Balaban J connectivity index is 1.70. The van der Waals surface area contributed by atoms with Gasteiger partial charge in [-0.05, 0) is 42.9 Å². The number of allylic oxidation sites excluding steroid dienone is 1. The predicted molar refractivity (Wildman–Crippen MR) is 75.7 cm³/mol. The highest BCUT2D eigenvalue weighted by Gasteiger charge is 2.39. The summed E-state index contributed by atoms with van der Waals surface area (Å²) in [5, 5.41) is 3.41. The third-order valence-corrected chi connectivity index (χ3v) is 4.28. The Morgan fingerprint density at radius 2 is 2.11 bits per heavy atom. The van der Waals surface area contributed by atoms with Crippen LogP contribution >= 0.6 is 0 Å². The van der Waals surface area contributed by atoms with Crippen molar-refractivity contribution in [2.24, 2.45) is 5.41 Å². The topological polar surface area (TPSA) is 28.2 Å². The molecule has 18 heavy (non-hydrogen) atoms. The van der Waals surface area contributed by atoms with Crippen LogP contribution in [0.25, 0.3) is 6.08 Å². The lowest BCUT2D eigenvalue weighted by atomic mass is 9.73. The van der Waals surface area contributed by atoms with Crippen LogP contribution in [0.1, 0.15) is 25.3 Å². The summed E-state index contributed by atoms with van der Waals surface area (Å²) in [6.07, 6.45) is 8.72. The highest BCUT2D eigenvalue weighted by Crippen LogP contribution is 2.36. The lowest BCUT2D eigenvalue weighted by Crippen LogP contribution is -2.58. The van der Waals surface area contributed by atoms with Crippen molar-refractivity contribution in [1.82, 2.24) is 10.3 Å². The Morgan fingerprint density at radius 3 is 2.72 bits per heavy atom. The summed E-state index contributed by atoms with van der Waals surface area (Å²) < 4.78 is 0. The fourth-order valence-electron chi connectivity index (χ4n) is 2.95. The molecule has 3 rings (SSSR count). The van der Waals surface area contributed by atoms with Gasteiger partial charge in [-0.2, -0.15) is 0 Å². The van der Waals surface area contributed by atoms with Crippen LogP contribution in [0.3, 0.4) is 0 Å². The lowest BCUT2D eigenvalue weighted by Gasteiger charge is -2.48. The number of anilines is 1. The third-order valence-electron chi connectivity index (χ3n) is 4.28. The second kappa shape index (κ2) is 4.73. The quantitative estimate of drug-likeness (QED) is 0.864. The molecule has 1 aromatic heterocycles. The van der Waals surface area contributed by atoms with E-state index < -0.39 is 0 Å². The summed E-state index contributed by atoms with van der Waals surface area (Å²) in [4.78, 5) is 6.94. The molecule has 0 aromatic carbocycles. The van der Waals surface area contributed by atoms with E-state index in [1.807, 2.05) is 13.1 Å². The highest BCUT2D eigenvalue weighted by molar-refractivity contribution is 5.54. The molecule has 3 heterocycles. The van der Waals surface area contributed by atoms with Crippen molar-refractivity contribution in [3.8, 4) is 0 Å². The number of rotatable bonds is 2. The summed E-state index contributed by atoms with van der Waals surface area (Å²) in [5.41, 5.74) is 1.85. The molecule has 2 saturated heterocycles. The van der Waals surface area contributed by atoms with Crippen LogP contribution in [0, 0.1) is 5.41 Å². The number of hydrogen-bond acceptors (Lipinski definition) is 3. The molecule has 1 aromatic rings. The molecule has 0 unspecified atom stereocenters. The van der Waals surface area contributed by atoms with Crippen molar-refractivity contribution in [3.63, 3.8) is 0 Å².